The molecule has 0 aliphatic rings. The van der Waals surface area contributed by atoms with Gasteiger partial charge in [-0.15, -0.1) is 0 Å². The maximum Gasteiger partial charge on any atom is 0.242 e. The van der Waals surface area contributed by atoms with Gasteiger partial charge in [-0.25, -0.2) is 0 Å². The second-order valence-corrected chi connectivity index (χ2v) is 12.3. The molecular formula is C35H49N7O6. The molecule has 0 fully saturated rings. The van der Waals surface area contributed by atoms with Crippen LogP contribution in [-0.4, -0.2) is 76.4 Å². The van der Waals surface area contributed by atoms with Crippen LogP contribution in [0.25, 0.3) is 10.9 Å². The van der Waals surface area contributed by atoms with Crippen LogP contribution < -0.4 is 32.7 Å². The van der Waals surface area contributed by atoms with Crippen molar-refractivity contribution in [3.05, 3.63) is 71.9 Å². The lowest BCUT2D eigenvalue weighted by molar-refractivity contribution is -0.131. The monoisotopic (exact) mass is 663 g/mol. The van der Waals surface area contributed by atoms with Gasteiger partial charge in [0.1, 0.15) is 6.04 Å². The number of carbonyl (C=O) groups is 5. The smallest absolute Gasteiger partial charge is 0.242 e. The highest BCUT2D eigenvalue weighted by atomic mass is 16.3. The molecule has 48 heavy (non-hydrogen) atoms. The maximum atomic E-state index is 13.8. The third-order valence-corrected chi connectivity index (χ3v) is 8.03. The van der Waals surface area contributed by atoms with Crippen LogP contribution in [0.1, 0.15) is 63.5 Å². The van der Waals surface area contributed by atoms with Crippen LogP contribution in [-0.2, 0) is 36.8 Å². The lowest BCUT2D eigenvalue weighted by Gasteiger charge is -2.26. The molecule has 5 amide bonds. The Hall–Kier alpha value is -4.75. The molecule has 0 aliphatic heterocycles. The molecule has 13 heteroatoms. The normalized spacial score (nSPS) is 14.2. The number of hydrogen-bond acceptors (Lipinski definition) is 7. The summed E-state index contributed by atoms with van der Waals surface area (Å²) in [6, 6.07) is 14.1. The summed E-state index contributed by atoms with van der Waals surface area (Å²) in [6.07, 6.45) is 2.63. The Bertz CT molecular complexity index is 1510. The van der Waals surface area contributed by atoms with Gasteiger partial charge in [0, 0.05) is 55.4 Å². The zero-order valence-electron chi connectivity index (χ0n) is 27.7. The van der Waals surface area contributed by atoms with Crippen molar-refractivity contribution >= 4 is 40.4 Å². The number of benzene rings is 2. The first-order chi connectivity index (χ1) is 22.9. The summed E-state index contributed by atoms with van der Waals surface area (Å²) in [5, 5.41) is 22.2. The number of aromatic amines is 1. The molecule has 0 aliphatic carbocycles. The van der Waals surface area contributed by atoms with Crippen LogP contribution in [0.4, 0.5) is 0 Å². The third kappa shape index (κ3) is 12.8. The number of nitrogens with two attached hydrogens (primary N) is 2. The lowest BCUT2D eigenvalue weighted by atomic mass is 9.99. The Balaban J connectivity index is 1.81. The van der Waals surface area contributed by atoms with Crippen LogP contribution >= 0.6 is 0 Å². The number of fused-ring (bicyclic) bond motifs is 1. The van der Waals surface area contributed by atoms with Gasteiger partial charge in [-0.05, 0) is 62.8 Å². The number of H-pyrrole nitrogens is 1. The average Bonchev–Trinajstić information content (AvgIpc) is 3.42. The highest BCUT2D eigenvalue weighted by Gasteiger charge is 2.28. The molecule has 0 radical (unpaired) electrons. The van der Waals surface area contributed by atoms with Crippen molar-refractivity contribution in [2.24, 2.45) is 11.5 Å². The van der Waals surface area contributed by atoms with Gasteiger partial charge in [0.25, 0.3) is 0 Å². The lowest BCUT2D eigenvalue weighted by Crippen LogP contribution is -2.53. The number of carbonyl (C=O) groups excluding carboxylic acids is 5. The fourth-order valence-corrected chi connectivity index (χ4v) is 5.69. The quantitative estimate of drug-likeness (QED) is 0.0821. The van der Waals surface area contributed by atoms with E-state index in [1.165, 1.54) is 13.8 Å². The van der Waals surface area contributed by atoms with Gasteiger partial charge >= 0.3 is 0 Å². The third-order valence-electron chi connectivity index (χ3n) is 8.03. The molecule has 1 aromatic heterocycles. The van der Waals surface area contributed by atoms with E-state index in [-0.39, 0.29) is 31.6 Å². The molecule has 10 N–H and O–H groups in total. The van der Waals surface area contributed by atoms with E-state index in [1.807, 2.05) is 60.8 Å². The number of unbranched alkanes of at least 4 members (excludes halogenated alkanes) is 1. The van der Waals surface area contributed by atoms with Gasteiger partial charge in [-0.3, -0.25) is 24.0 Å². The topological polar surface area (TPSA) is 222 Å². The van der Waals surface area contributed by atoms with Crippen molar-refractivity contribution in [3.63, 3.8) is 0 Å². The molecule has 3 rings (SSSR count). The summed E-state index contributed by atoms with van der Waals surface area (Å²) < 4.78 is 0. The Morgan fingerprint density at radius 1 is 0.812 bits per heavy atom. The number of aliphatic hydroxyl groups excluding tert-OH is 1. The van der Waals surface area contributed by atoms with Crippen molar-refractivity contribution in [3.8, 4) is 0 Å². The molecule has 0 saturated carbocycles. The average molecular weight is 664 g/mol. The Morgan fingerprint density at radius 2 is 1.48 bits per heavy atom. The number of nitrogens with one attached hydrogen (secondary N) is 5. The first kappa shape index (κ1) is 37.7. The number of primary amides is 1. The standard InChI is InChI=1S/C35H49N7O6/c1-22(43)31(39-23(2)44)20-34(47)42-30(14-8-9-15-36)35(48)41-27(17-25-21-38-29-13-7-6-12-28(25)29)19-33(46)40-26(18-32(37)45)16-24-10-4-3-5-11-24/h3-7,10-13,21-22,26-27,30-31,38,43H,8-9,14-20,36H2,1-2H3,(H2,37,45)(H,39,44)(H,40,46)(H,41,48)(H,42,47)/t22-,26-,27-,30-,31+/m0/s1. The van der Waals surface area contributed by atoms with Crippen molar-refractivity contribution in [1.29, 1.82) is 0 Å². The van der Waals surface area contributed by atoms with E-state index in [1.54, 1.807) is 0 Å². The molecule has 1 heterocycles. The molecule has 0 unspecified atom stereocenters. The molecule has 3 aromatic rings. The van der Waals surface area contributed by atoms with Gasteiger partial charge in [-0.2, -0.15) is 0 Å². The summed E-state index contributed by atoms with van der Waals surface area (Å²) in [6.45, 7) is 3.17. The molecule has 0 spiro atoms. The Morgan fingerprint density at radius 3 is 2.15 bits per heavy atom. The summed E-state index contributed by atoms with van der Waals surface area (Å²) in [5.74, 6) is -2.33. The highest BCUT2D eigenvalue weighted by Crippen LogP contribution is 2.20. The minimum Gasteiger partial charge on any atom is -0.391 e. The summed E-state index contributed by atoms with van der Waals surface area (Å²) >= 11 is 0. The number of aliphatic hydroxyl groups is 1. The van der Waals surface area contributed by atoms with Gasteiger partial charge < -0.3 is 42.8 Å². The van der Waals surface area contributed by atoms with Crippen molar-refractivity contribution < 1.29 is 29.1 Å². The fourth-order valence-electron chi connectivity index (χ4n) is 5.69. The zero-order chi connectivity index (χ0) is 35.1. The molecular weight excluding hydrogens is 614 g/mol. The molecule has 0 bridgehead atoms. The van der Waals surface area contributed by atoms with E-state index < -0.39 is 53.9 Å². The van der Waals surface area contributed by atoms with Crippen LogP contribution in [0.2, 0.25) is 0 Å². The molecule has 5 atom stereocenters. The van der Waals surface area contributed by atoms with E-state index in [4.69, 9.17) is 11.5 Å². The number of amides is 5. The molecule has 13 nitrogen and oxygen atoms in total. The highest BCUT2D eigenvalue weighted by molar-refractivity contribution is 5.89. The van der Waals surface area contributed by atoms with Crippen molar-refractivity contribution in [1.82, 2.24) is 26.3 Å². The maximum absolute atomic E-state index is 13.8. The predicted molar refractivity (Wildman–Crippen MR) is 183 cm³/mol. The molecule has 0 saturated heterocycles. The SMILES string of the molecule is CC(=O)N[C@H](CC(=O)N[C@@H](CCCCN)C(=O)N[C@H](CC(=O)N[C@H](CC(N)=O)Cc1ccccc1)Cc1c[nH]c2ccccc12)[C@H](C)O. The van der Waals surface area contributed by atoms with E-state index in [0.29, 0.717) is 32.2 Å². The first-order valence-corrected chi connectivity index (χ1v) is 16.4. The first-order valence-electron chi connectivity index (χ1n) is 16.4. The number of hydrogen-bond donors (Lipinski definition) is 8. The van der Waals surface area contributed by atoms with E-state index in [0.717, 1.165) is 22.0 Å². The molecule has 260 valence electrons. The predicted octanol–water partition coefficient (Wildman–Crippen LogP) is 1.08. The van der Waals surface area contributed by atoms with Crippen LogP contribution in [0.15, 0.2) is 60.8 Å². The van der Waals surface area contributed by atoms with Gasteiger partial charge in [0.05, 0.1) is 12.1 Å². The zero-order valence-corrected chi connectivity index (χ0v) is 27.7. The van der Waals surface area contributed by atoms with Gasteiger partial charge in [-0.1, -0.05) is 48.5 Å². The van der Waals surface area contributed by atoms with Crippen molar-refractivity contribution in [2.45, 2.75) is 95.5 Å². The number of aromatic nitrogens is 1. The summed E-state index contributed by atoms with van der Waals surface area (Å²) in [5.41, 5.74) is 13.9. The van der Waals surface area contributed by atoms with Crippen LogP contribution in [0, 0.1) is 0 Å². The summed E-state index contributed by atoms with van der Waals surface area (Å²) in [7, 11) is 0. The second-order valence-electron chi connectivity index (χ2n) is 12.3. The summed E-state index contributed by atoms with van der Waals surface area (Å²) in [4.78, 5) is 66.9. The fraction of sp³-hybridized carbons (Fsp3) is 0.457. The minimum atomic E-state index is -0.997. The Labute approximate surface area is 281 Å². The number of para-hydroxylation sites is 1. The van der Waals surface area contributed by atoms with Crippen LogP contribution in [0.3, 0.4) is 0 Å². The Kier molecular flexibility index (Phi) is 15.1. The van der Waals surface area contributed by atoms with Crippen LogP contribution in [0.5, 0.6) is 0 Å². The molecule has 2 aromatic carbocycles. The largest absolute Gasteiger partial charge is 0.391 e. The minimum absolute atomic E-state index is 0.0543. The van der Waals surface area contributed by atoms with Crippen molar-refractivity contribution in [2.75, 3.05) is 6.54 Å². The van der Waals surface area contributed by atoms with Gasteiger partial charge in [0.2, 0.25) is 29.5 Å². The second kappa shape index (κ2) is 19.2. The van der Waals surface area contributed by atoms with E-state index >= 15 is 0 Å². The van der Waals surface area contributed by atoms with Gasteiger partial charge in [0.15, 0.2) is 0 Å². The number of rotatable bonds is 20. The van der Waals surface area contributed by atoms with E-state index in [9.17, 15) is 29.1 Å². The van der Waals surface area contributed by atoms with E-state index in [2.05, 4.69) is 26.3 Å².